The molecule has 90 valence electrons. The summed E-state index contributed by atoms with van der Waals surface area (Å²) in [5.74, 6) is -1.67. The van der Waals surface area contributed by atoms with Crippen LogP contribution in [0.2, 0.25) is 0 Å². The lowest BCUT2D eigenvalue weighted by atomic mass is 10.2. The summed E-state index contributed by atoms with van der Waals surface area (Å²) in [6, 6.07) is 0.422. The van der Waals surface area contributed by atoms with Crippen LogP contribution >= 0.6 is 0 Å². The fourth-order valence-corrected chi connectivity index (χ4v) is 2.34. The van der Waals surface area contributed by atoms with Crippen LogP contribution in [0.25, 0.3) is 0 Å². The maximum Gasteiger partial charge on any atom is 0.307 e. The first-order chi connectivity index (χ1) is 7.59. The smallest absolute Gasteiger partial charge is 0.307 e. The molecule has 2 fully saturated rings. The Morgan fingerprint density at radius 2 is 2.19 bits per heavy atom. The number of likely N-dealkylation sites (N-methyl/N-ethyl adjacent to an activating group) is 1. The second kappa shape index (κ2) is 4.41. The molecule has 0 aromatic rings. The van der Waals surface area contributed by atoms with E-state index in [-0.39, 0.29) is 11.8 Å². The van der Waals surface area contributed by atoms with Crippen LogP contribution in [-0.4, -0.2) is 48.1 Å². The molecule has 1 unspecified atom stereocenters. The average molecular weight is 226 g/mol. The van der Waals surface area contributed by atoms with Crippen LogP contribution in [0.15, 0.2) is 0 Å². The van der Waals surface area contributed by atoms with E-state index in [1.807, 2.05) is 0 Å². The SMILES string of the molecule is CN1CCCC1CNC(=O)[C@@H]1C[C@@H]1C(=O)O. The van der Waals surface area contributed by atoms with Crippen LogP contribution in [-0.2, 0) is 9.59 Å². The monoisotopic (exact) mass is 226 g/mol. The summed E-state index contributed by atoms with van der Waals surface area (Å²) < 4.78 is 0. The number of likely N-dealkylation sites (tertiary alicyclic amines) is 1. The molecule has 1 saturated carbocycles. The molecule has 0 bridgehead atoms. The van der Waals surface area contributed by atoms with Gasteiger partial charge in [-0.2, -0.15) is 0 Å². The minimum absolute atomic E-state index is 0.0901. The Morgan fingerprint density at radius 1 is 1.44 bits per heavy atom. The third-order valence-corrected chi connectivity index (χ3v) is 3.63. The Labute approximate surface area is 94.8 Å². The van der Waals surface area contributed by atoms with Gasteiger partial charge < -0.3 is 15.3 Å². The summed E-state index contributed by atoms with van der Waals surface area (Å²) in [6.07, 6.45) is 2.80. The van der Waals surface area contributed by atoms with Gasteiger partial charge in [0.2, 0.25) is 5.91 Å². The highest BCUT2D eigenvalue weighted by Crippen LogP contribution is 2.38. The Bertz CT molecular complexity index is 306. The summed E-state index contributed by atoms with van der Waals surface area (Å²) in [5, 5.41) is 11.6. The molecule has 1 aliphatic carbocycles. The lowest BCUT2D eigenvalue weighted by molar-refractivity contribution is -0.140. The molecule has 5 nitrogen and oxygen atoms in total. The van der Waals surface area contributed by atoms with E-state index >= 15 is 0 Å². The highest BCUT2D eigenvalue weighted by molar-refractivity contribution is 5.89. The normalized spacial score (nSPS) is 33.7. The molecular formula is C11H18N2O3. The zero-order valence-electron chi connectivity index (χ0n) is 9.48. The van der Waals surface area contributed by atoms with E-state index in [0.717, 1.165) is 13.0 Å². The number of amides is 1. The van der Waals surface area contributed by atoms with Gasteiger partial charge in [0.15, 0.2) is 0 Å². The number of carboxylic acid groups (broad SMARTS) is 1. The van der Waals surface area contributed by atoms with Gasteiger partial charge in [-0.1, -0.05) is 0 Å². The summed E-state index contributed by atoms with van der Waals surface area (Å²) in [4.78, 5) is 24.4. The summed E-state index contributed by atoms with van der Waals surface area (Å²) in [7, 11) is 2.06. The first kappa shape index (κ1) is 11.4. The minimum Gasteiger partial charge on any atom is -0.481 e. The van der Waals surface area contributed by atoms with Crippen molar-refractivity contribution in [2.75, 3.05) is 20.1 Å². The van der Waals surface area contributed by atoms with Gasteiger partial charge in [0.25, 0.3) is 0 Å². The number of nitrogens with zero attached hydrogens (tertiary/aromatic N) is 1. The van der Waals surface area contributed by atoms with Gasteiger partial charge in [0, 0.05) is 12.6 Å². The van der Waals surface area contributed by atoms with Crippen molar-refractivity contribution in [3.8, 4) is 0 Å². The lowest BCUT2D eigenvalue weighted by Crippen LogP contribution is -2.39. The lowest BCUT2D eigenvalue weighted by Gasteiger charge is -2.19. The molecule has 2 aliphatic rings. The summed E-state index contributed by atoms with van der Waals surface area (Å²) >= 11 is 0. The van der Waals surface area contributed by atoms with E-state index in [1.165, 1.54) is 6.42 Å². The van der Waals surface area contributed by atoms with Crippen LogP contribution in [0, 0.1) is 11.8 Å². The van der Waals surface area contributed by atoms with Crippen molar-refractivity contribution in [2.45, 2.75) is 25.3 Å². The van der Waals surface area contributed by atoms with Crippen LogP contribution in [0.4, 0.5) is 0 Å². The second-order valence-electron chi connectivity index (χ2n) is 4.81. The van der Waals surface area contributed by atoms with Gasteiger partial charge in [-0.15, -0.1) is 0 Å². The maximum absolute atomic E-state index is 11.6. The predicted molar refractivity (Wildman–Crippen MR) is 57.9 cm³/mol. The highest BCUT2D eigenvalue weighted by atomic mass is 16.4. The Morgan fingerprint density at radius 3 is 2.69 bits per heavy atom. The van der Waals surface area contributed by atoms with Crippen molar-refractivity contribution in [1.29, 1.82) is 0 Å². The molecule has 0 aromatic carbocycles. The molecule has 0 radical (unpaired) electrons. The van der Waals surface area contributed by atoms with Crippen LogP contribution in [0.5, 0.6) is 0 Å². The highest BCUT2D eigenvalue weighted by Gasteiger charge is 2.48. The quantitative estimate of drug-likeness (QED) is 0.703. The molecule has 1 heterocycles. The molecule has 16 heavy (non-hydrogen) atoms. The number of aliphatic carboxylic acids is 1. The van der Waals surface area contributed by atoms with E-state index in [0.29, 0.717) is 19.0 Å². The fourth-order valence-electron chi connectivity index (χ4n) is 2.34. The second-order valence-corrected chi connectivity index (χ2v) is 4.81. The molecule has 2 N–H and O–H groups in total. The first-order valence-electron chi connectivity index (χ1n) is 5.80. The Balaban J connectivity index is 1.71. The van der Waals surface area contributed by atoms with Crippen molar-refractivity contribution in [3.05, 3.63) is 0 Å². The maximum atomic E-state index is 11.6. The van der Waals surface area contributed by atoms with Gasteiger partial charge in [-0.05, 0) is 32.9 Å². The van der Waals surface area contributed by atoms with E-state index in [4.69, 9.17) is 5.11 Å². The number of rotatable bonds is 4. The topological polar surface area (TPSA) is 69.6 Å². The molecule has 1 amide bonds. The van der Waals surface area contributed by atoms with Crippen LogP contribution < -0.4 is 5.32 Å². The summed E-state index contributed by atoms with van der Waals surface area (Å²) in [6.45, 7) is 1.74. The van der Waals surface area contributed by atoms with Crippen molar-refractivity contribution in [3.63, 3.8) is 0 Å². The zero-order chi connectivity index (χ0) is 11.7. The van der Waals surface area contributed by atoms with Gasteiger partial charge in [0.05, 0.1) is 11.8 Å². The largest absolute Gasteiger partial charge is 0.481 e. The molecule has 5 heteroatoms. The molecule has 3 atom stereocenters. The number of hydrogen-bond acceptors (Lipinski definition) is 3. The average Bonchev–Trinajstić information content (AvgIpc) is 2.94. The Kier molecular flexibility index (Phi) is 3.14. The third kappa shape index (κ3) is 2.35. The van der Waals surface area contributed by atoms with E-state index in [1.54, 1.807) is 0 Å². The van der Waals surface area contributed by atoms with Gasteiger partial charge in [-0.3, -0.25) is 9.59 Å². The molecular weight excluding hydrogens is 208 g/mol. The third-order valence-electron chi connectivity index (χ3n) is 3.63. The van der Waals surface area contributed by atoms with Crippen molar-refractivity contribution < 1.29 is 14.7 Å². The zero-order valence-corrected chi connectivity index (χ0v) is 9.48. The van der Waals surface area contributed by atoms with Crippen molar-refractivity contribution in [2.24, 2.45) is 11.8 Å². The molecule has 0 spiro atoms. The minimum atomic E-state index is -0.849. The standard InChI is InChI=1S/C11H18N2O3/c1-13-4-2-3-7(13)6-12-10(14)8-5-9(8)11(15)16/h7-9H,2-6H2,1H3,(H,12,14)(H,15,16)/t7?,8-,9+/m1/s1. The van der Waals surface area contributed by atoms with Gasteiger partial charge in [-0.25, -0.2) is 0 Å². The number of carbonyl (C=O) groups is 2. The van der Waals surface area contributed by atoms with E-state index in [2.05, 4.69) is 17.3 Å². The molecule has 0 aromatic heterocycles. The molecule has 1 aliphatic heterocycles. The first-order valence-corrected chi connectivity index (χ1v) is 5.80. The number of carbonyl (C=O) groups excluding carboxylic acids is 1. The number of nitrogens with one attached hydrogen (secondary N) is 1. The van der Waals surface area contributed by atoms with Crippen molar-refractivity contribution >= 4 is 11.9 Å². The fraction of sp³-hybridized carbons (Fsp3) is 0.818. The number of hydrogen-bond donors (Lipinski definition) is 2. The predicted octanol–water partition coefficient (Wildman–Crippen LogP) is -0.0825. The van der Waals surface area contributed by atoms with E-state index in [9.17, 15) is 9.59 Å². The number of carboxylic acids is 1. The van der Waals surface area contributed by atoms with Crippen LogP contribution in [0.3, 0.4) is 0 Å². The molecule has 1 saturated heterocycles. The van der Waals surface area contributed by atoms with E-state index < -0.39 is 11.9 Å². The van der Waals surface area contributed by atoms with Crippen molar-refractivity contribution in [1.82, 2.24) is 10.2 Å². The van der Waals surface area contributed by atoms with Gasteiger partial charge >= 0.3 is 5.97 Å². The Hall–Kier alpha value is -1.10. The molecule has 2 rings (SSSR count). The van der Waals surface area contributed by atoms with Crippen LogP contribution in [0.1, 0.15) is 19.3 Å². The summed E-state index contributed by atoms with van der Waals surface area (Å²) in [5.41, 5.74) is 0. The van der Waals surface area contributed by atoms with Gasteiger partial charge in [0.1, 0.15) is 0 Å².